The Morgan fingerprint density at radius 2 is 2.12 bits per heavy atom. The maximum atomic E-state index is 8.75. The molecule has 0 aliphatic carbocycles. The van der Waals surface area contributed by atoms with Crippen molar-refractivity contribution in [2.24, 2.45) is 10.9 Å². The number of rotatable bonds is 3. The summed E-state index contributed by atoms with van der Waals surface area (Å²) in [4.78, 5) is 2.07. The number of benzene rings is 1. The summed E-state index contributed by atoms with van der Waals surface area (Å²) < 4.78 is 0.898. The number of nitrogens with two attached hydrogens (primary N) is 1. The Morgan fingerprint density at radius 3 is 2.62 bits per heavy atom. The summed E-state index contributed by atoms with van der Waals surface area (Å²) in [5.41, 5.74) is 7.31. The minimum absolute atomic E-state index is 0.115. The molecule has 0 aliphatic heterocycles. The Hall–Kier alpha value is -1.23. The minimum atomic E-state index is 0.115. The Labute approximate surface area is 104 Å². The number of hydrogen-bond donors (Lipinski definition) is 2. The quantitative estimate of drug-likeness (QED) is 0.388. The van der Waals surface area contributed by atoms with Crippen LogP contribution in [0.1, 0.15) is 19.4 Å². The molecule has 0 fully saturated rings. The van der Waals surface area contributed by atoms with E-state index in [0.29, 0.717) is 11.6 Å². The lowest BCUT2D eigenvalue weighted by molar-refractivity contribution is 0.318. The normalized spacial score (nSPS) is 11.9. The van der Waals surface area contributed by atoms with E-state index in [4.69, 9.17) is 10.9 Å². The molecule has 16 heavy (non-hydrogen) atoms. The van der Waals surface area contributed by atoms with Crippen LogP contribution in [0.15, 0.2) is 27.8 Å². The molecule has 0 unspecified atom stereocenters. The Morgan fingerprint density at radius 1 is 1.50 bits per heavy atom. The number of nitrogens with zero attached hydrogens (tertiary/aromatic N) is 2. The van der Waals surface area contributed by atoms with E-state index in [1.165, 1.54) is 0 Å². The number of oxime groups is 1. The fraction of sp³-hybridized carbons (Fsp3) is 0.364. The lowest BCUT2D eigenvalue weighted by Crippen LogP contribution is -2.28. The van der Waals surface area contributed by atoms with Gasteiger partial charge in [0.15, 0.2) is 5.84 Å². The molecule has 1 aromatic carbocycles. The fourth-order valence-corrected chi connectivity index (χ4v) is 1.71. The third-order valence-corrected chi connectivity index (χ3v) is 2.99. The van der Waals surface area contributed by atoms with Crippen LogP contribution >= 0.6 is 15.9 Å². The highest BCUT2D eigenvalue weighted by atomic mass is 79.9. The van der Waals surface area contributed by atoms with Crippen LogP contribution in [-0.4, -0.2) is 24.1 Å². The predicted molar refractivity (Wildman–Crippen MR) is 70.2 cm³/mol. The average molecular weight is 286 g/mol. The van der Waals surface area contributed by atoms with Gasteiger partial charge in [-0.05, 0) is 32.0 Å². The van der Waals surface area contributed by atoms with Crippen LogP contribution < -0.4 is 10.6 Å². The zero-order valence-corrected chi connectivity index (χ0v) is 11.2. The standard InChI is InChI=1S/C11H16BrN3O/c1-7(2)15(3)10-5-4-8(12)6-9(10)11(13)14-16/h4-7,16H,1-3H3,(H2,13,14). The van der Waals surface area contributed by atoms with Crippen molar-refractivity contribution < 1.29 is 5.21 Å². The van der Waals surface area contributed by atoms with Gasteiger partial charge in [-0.15, -0.1) is 0 Å². The highest BCUT2D eigenvalue weighted by Gasteiger charge is 2.13. The molecule has 1 aromatic rings. The minimum Gasteiger partial charge on any atom is -0.409 e. The molecular formula is C11H16BrN3O. The summed E-state index contributed by atoms with van der Waals surface area (Å²) >= 11 is 3.37. The number of hydrogen-bond acceptors (Lipinski definition) is 3. The summed E-state index contributed by atoms with van der Waals surface area (Å²) in [5.74, 6) is 0.115. The molecule has 0 aliphatic rings. The van der Waals surface area contributed by atoms with E-state index in [1.807, 2.05) is 25.2 Å². The second-order valence-corrected chi connectivity index (χ2v) is 4.77. The van der Waals surface area contributed by atoms with Crippen molar-refractivity contribution in [3.8, 4) is 0 Å². The molecule has 0 amide bonds. The van der Waals surface area contributed by atoms with E-state index in [0.717, 1.165) is 10.2 Å². The zero-order chi connectivity index (χ0) is 12.3. The van der Waals surface area contributed by atoms with Gasteiger partial charge in [0.25, 0.3) is 0 Å². The maximum Gasteiger partial charge on any atom is 0.172 e. The number of amidine groups is 1. The molecule has 0 saturated heterocycles. The highest BCUT2D eigenvalue weighted by molar-refractivity contribution is 9.10. The predicted octanol–water partition coefficient (Wildman–Crippen LogP) is 2.39. The van der Waals surface area contributed by atoms with E-state index >= 15 is 0 Å². The molecule has 0 spiro atoms. The van der Waals surface area contributed by atoms with Gasteiger partial charge in [-0.25, -0.2) is 0 Å². The van der Waals surface area contributed by atoms with Crippen LogP contribution in [0.3, 0.4) is 0 Å². The van der Waals surface area contributed by atoms with Crippen molar-refractivity contribution in [3.05, 3.63) is 28.2 Å². The number of anilines is 1. The SMILES string of the molecule is CC(C)N(C)c1ccc(Br)cc1/C(N)=N/O. The molecule has 1 rings (SSSR count). The number of halogens is 1. The first-order valence-electron chi connectivity index (χ1n) is 4.97. The lowest BCUT2D eigenvalue weighted by atomic mass is 10.1. The van der Waals surface area contributed by atoms with Gasteiger partial charge < -0.3 is 15.8 Å². The molecule has 0 bridgehead atoms. The van der Waals surface area contributed by atoms with Gasteiger partial charge in [0, 0.05) is 28.8 Å². The van der Waals surface area contributed by atoms with Crippen molar-refractivity contribution in [1.29, 1.82) is 0 Å². The highest BCUT2D eigenvalue weighted by Crippen LogP contribution is 2.25. The second kappa shape index (κ2) is 5.21. The van der Waals surface area contributed by atoms with E-state index in [1.54, 1.807) is 0 Å². The van der Waals surface area contributed by atoms with Gasteiger partial charge in [0.1, 0.15) is 0 Å². The van der Waals surface area contributed by atoms with Crippen LogP contribution in [0, 0.1) is 0 Å². The molecule has 0 radical (unpaired) electrons. The monoisotopic (exact) mass is 285 g/mol. The van der Waals surface area contributed by atoms with Crippen molar-refractivity contribution in [2.75, 3.05) is 11.9 Å². The molecule has 0 heterocycles. The van der Waals surface area contributed by atoms with Crippen LogP contribution in [0.5, 0.6) is 0 Å². The molecular weight excluding hydrogens is 270 g/mol. The third kappa shape index (κ3) is 2.66. The molecule has 0 atom stereocenters. The van der Waals surface area contributed by atoms with Crippen molar-refractivity contribution >= 4 is 27.5 Å². The van der Waals surface area contributed by atoms with E-state index in [2.05, 4.69) is 39.8 Å². The van der Waals surface area contributed by atoms with Crippen LogP contribution in [0.25, 0.3) is 0 Å². The Kier molecular flexibility index (Phi) is 4.18. The first-order valence-corrected chi connectivity index (χ1v) is 5.77. The Balaban J connectivity index is 3.28. The van der Waals surface area contributed by atoms with E-state index in [9.17, 15) is 0 Å². The molecule has 0 aromatic heterocycles. The maximum absolute atomic E-state index is 8.75. The summed E-state index contributed by atoms with van der Waals surface area (Å²) in [6.07, 6.45) is 0. The van der Waals surface area contributed by atoms with Gasteiger partial charge in [-0.1, -0.05) is 21.1 Å². The van der Waals surface area contributed by atoms with Crippen molar-refractivity contribution in [3.63, 3.8) is 0 Å². The summed E-state index contributed by atoms with van der Waals surface area (Å²) in [5, 5.41) is 11.8. The van der Waals surface area contributed by atoms with Crippen molar-refractivity contribution in [1.82, 2.24) is 0 Å². The van der Waals surface area contributed by atoms with Gasteiger partial charge in [0.05, 0.1) is 0 Å². The lowest BCUT2D eigenvalue weighted by Gasteiger charge is -2.26. The Bertz CT molecular complexity index is 404. The summed E-state index contributed by atoms with van der Waals surface area (Å²) in [6.45, 7) is 4.16. The van der Waals surface area contributed by atoms with Crippen LogP contribution in [0.2, 0.25) is 0 Å². The van der Waals surface area contributed by atoms with Crippen LogP contribution in [-0.2, 0) is 0 Å². The fourth-order valence-electron chi connectivity index (χ4n) is 1.35. The molecule has 88 valence electrons. The first kappa shape index (κ1) is 12.8. The van der Waals surface area contributed by atoms with Crippen molar-refractivity contribution in [2.45, 2.75) is 19.9 Å². The molecule has 5 heteroatoms. The summed E-state index contributed by atoms with van der Waals surface area (Å²) in [6, 6.07) is 6.05. The van der Waals surface area contributed by atoms with Gasteiger partial charge >= 0.3 is 0 Å². The second-order valence-electron chi connectivity index (χ2n) is 3.85. The van der Waals surface area contributed by atoms with Crippen LogP contribution in [0.4, 0.5) is 5.69 Å². The first-order chi connectivity index (χ1) is 7.47. The molecule has 0 saturated carbocycles. The topological polar surface area (TPSA) is 61.8 Å². The van der Waals surface area contributed by atoms with E-state index < -0.39 is 0 Å². The molecule has 3 N–H and O–H groups in total. The van der Waals surface area contributed by atoms with E-state index in [-0.39, 0.29) is 5.84 Å². The third-order valence-electron chi connectivity index (χ3n) is 2.50. The summed E-state index contributed by atoms with van der Waals surface area (Å²) in [7, 11) is 1.97. The van der Waals surface area contributed by atoms with Gasteiger partial charge in [-0.2, -0.15) is 0 Å². The smallest absolute Gasteiger partial charge is 0.172 e. The molecule has 4 nitrogen and oxygen atoms in total. The van der Waals surface area contributed by atoms with Gasteiger partial charge in [0.2, 0.25) is 0 Å². The largest absolute Gasteiger partial charge is 0.409 e. The zero-order valence-electron chi connectivity index (χ0n) is 9.61. The van der Waals surface area contributed by atoms with Gasteiger partial charge in [-0.3, -0.25) is 0 Å². The average Bonchev–Trinajstić information content (AvgIpc) is 2.26.